The van der Waals surface area contributed by atoms with E-state index < -0.39 is 0 Å². The normalized spacial score (nSPS) is 31.7. The molecule has 0 radical (unpaired) electrons. The molecule has 0 fully saturated rings. The highest BCUT2D eigenvalue weighted by molar-refractivity contribution is 5.39. The monoisotopic (exact) mass is 322 g/mol. The van der Waals surface area contributed by atoms with E-state index in [1.165, 1.54) is 11.3 Å². The topological polar surface area (TPSA) is 38.0 Å². The van der Waals surface area contributed by atoms with E-state index in [4.69, 9.17) is 5.73 Å². The van der Waals surface area contributed by atoms with Gasteiger partial charge in [0.15, 0.2) is 0 Å². The first-order chi connectivity index (χ1) is 11.5. The fourth-order valence-corrected chi connectivity index (χ4v) is 4.01. The molecule has 2 nitrogen and oxygen atoms in total. The molecule has 3 aliphatic rings. The summed E-state index contributed by atoms with van der Waals surface area (Å²) in [4.78, 5) is 0. The van der Waals surface area contributed by atoms with E-state index in [1.807, 2.05) is 0 Å². The van der Waals surface area contributed by atoms with Crippen molar-refractivity contribution in [2.24, 2.45) is 35.3 Å². The number of fused-ring (bicyclic) bond motifs is 1. The largest absolute Gasteiger partial charge is 0.397 e. The van der Waals surface area contributed by atoms with E-state index in [0.29, 0.717) is 35.6 Å². The predicted molar refractivity (Wildman–Crippen MR) is 103 cm³/mol. The zero-order valence-electron chi connectivity index (χ0n) is 15.2. The van der Waals surface area contributed by atoms with Gasteiger partial charge in [-0.25, -0.2) is 0 Å². The Morgan fingerprint density at radius 3 is 2.42 bits per heavy atom. The Morgan fingerprint density at radius 2 is 1.71 bits per heavy atom. The van der Waals surface area contributed by atoms with Gasteiger partial charge in [-0.1, -0.05) is 76.3 Å². The SMILES string of the molecule is CC(C)C1=CC=CC(C(C)C)C1NC1=C(N)C=CC2C=CC=CC12. The maximum absolute atomic E-state index is 6.38. The lowest BCUT2D eigenvalue weighted by atomic mass is 9.76. The van der Waals surface area contributed by atoms with Gasteiger partial charge in [-0.2, -0.15) is 0 Å². The van der Waals surface area contributed by atoms with Crippen LogP contribution in [0.1, 0.15) is 27.7 Å². The average Bonchev–Trinajstić information content (AvgIpc) is 2.57. The summed E-state index contributed by atoms with van der Waals surface area (Å²) in [5.41, 5.74) is 9.90. The Labute approximate surface area is 146 Å². The molecular formula is C22H30N2. The number of hydrogen-bond acceptors (Lipinski definition) is 2. The molecule has 0 saturated heterocycles. The fourth-order valence-electron chi connectivity index (χ4n) is 4.01. The number of nitrogens with one attached hydrogen (secondary N) is 1. The van der Waals surface area contributed by atoms with Crippen molar-refractivity contribution in [3.8, 4) is 0 Å². The Hall–Kier alpha value is -1.96. The second-order valence-electron chi connectivity index (χ2n) is 7.75. The molecule has 0 aromatic rings. The van der Waals surface area contributed by atoms with Gasteiger partial charge in [0.05, 0.1) is 11.7 Å². The molecular weight excluding hydrogens is 292 g/mol. The summed E-state index contributed by atoms with van der Waals surface area (Å²) in [6.07, 6.45) is 19.9. The van der Waals surface area contributed by atoms with Crippen molar-refractivity contribution in [2.75, 3.05) is 0 Å². The Kier molecular flexibility index (Phi) is 4.84. The van der Waals surface area contributed by atoms with E-state index in [-0.39, 0.29) is 0 Å². The lowest BCUT2D eigenvalue weighted by Crippen LogP contribution is -2.44. The number of allylic oxidation sites excluding steroid dienone is 8. The van der Waals surface area contributed by atoms with E-state index in [2.05, 4.69) is 87.7 Å². The fraction of sp³-hybridized carbons (Fsp3) is 0.455. The minimum Gasteiger partial charge on any atom is -0.397 e. The molecule has 4 unspecified atom stereocenters. The van der Waals surface area contributed by atoms with Crippen molar-refractivity contribution >= 4 is 0 Å². The third kappa shape index (κ3) is 3.15. The highest BCUT2D eigenvalue weighted by Gasteiger charge is 2.33. The highest BCUT2D eigenvalue weighted by atomic mass is 15.0. The van der Waals surface area contributed by atoms with E-state index >= 15 is 0 Å². The van der Waals surface area contributed by atoms with Crippen molar-refractivity contribution in [3.05, 3.63) is 71.7 Å². The first kappa shape index (κ1) is 16.9. The van der Waals surface area contributed by atoms with Crippen LogP contribution in [0.25, 0.3) is 0 Å². The molecule has 3 N–H and O–H groups in total. The van der Waals surface area contributed by atoms with E-state index in [9.17, 15) is 0 Å². The van der Waals surface area contributed by atoms with Gasteiger partial charge in [0.1, 0.15) is 0 Å². The van der Waals surface area contributed by atoms with Crippen LogP contribution in [0.3, 0.4) is 0 Å². The Bertz CT molecular complexity index is 655. The second-order valence-corrected chi connectivity index (χ2v) is 7.75. The van der Waals surface area contributed by atoms with Crippen LogP contribution in [0.5, 0.6) is 0 Å². The molecule has 128 valence electrons. The molecule has 0 heterocycles. The van der Waals surface area contributed by atoms with Crippen LogP contribution in [-0.2, 0) is 0 Å². The van der Waals surface area contributed by atoms with E-state index in [0.717, 1.165) is 5.70 Å². The standard InChI is InChI=1S/C22H30N2/c1-14(2)17-10-7-11-18(15(3)4)21(17)24-22-19-9-6-5-8-16(19)12-13-20(22)23/h5-17,19,21,24H,23H2,1-4H3. The molecule has 24 heavy (non-hydrogen) atoms. The first-order valence-corrected chi connectivity index (χ1v) is 9.16. The van der Waals surface area contributed by atoms with Gasteiger partial charge in [-0.3, -0.25) is 0 Å². The summed E-state index contributed by atoms with van der Waals surface area (Å²) in [7, 11) is 0. The molecule has 3 rings (SSSR count). The van der Waals surface area contributed by atoms with Crippen molar-refractivity contribution in [1.82, 2.24) is 5.32 Å². The molecule has 0 aromatic heterocycles. The predicted octanol–water partition coefficient (Wildman–Crippen LogP) is 4.47. The number of hydrogen-bond donors (Lipinski definition) is 2. The molecule has 0 bridgehead atoms. The zero-order valence-corrected chi connectivity index (χ0v) is 15.2. The van der Waals surface area contributed by atoms with Crippen molar-refractivity contribution in [1.29, 1.82) is 0 Å². The van der Waals surface area contributed by atoms with Gasteiger partial charge in [0.2, 0.25) is 0 Å². The summed E-state index contributed by atoms with van der Waals surface area (Å²) in [5, 5.41) is 3.87. The first-order valence-electron chi connectivity index (χ1n) is 9.16. The molecule has 0 aliphatic heterocycles. The molecule has 0 aromatic carbocycles. The van der Waals surface area contributed by atoms with Gasteiger partial charge >= 0.3 is 0 Å². The lowest BCUT2D eigenvalue weighted by Gasteiger charge is -2.39. The minimum atomic E-state index is 0.315. The van der Waals surface area contributed by atoms with Gasteiger partial charge in [-0.05, 0) is 23.5 Å². The van der Waals surface area contributed by atoms with Crippen molar-refractivity contribution < 1.29 is 0 Å². The minimum absolute atomic E-state index is 0.315. The maximum atomic E-state index is 6.38. The molecule has 3 aliphatic carbocycles. The van der Waals surface area contributed by atoms with E-state index in [1.54, 1.807) is 0 Å². The van der Waals surface area contributed by atoms with Crippen molar-refractivity contribution in [3.63, 3.8) is 0 Å². The smallest absolute Gasteiger partial charge is 0.0542 e. The summed E-state index contributed by atoms with van der Waals surface area (Å²) >= 11 is 0. The molecule has 0 spiro atoms. The summed E-state index contributed by atoms with van der Waals surface area (Å²) < 4.78 is 0. The summed E-state index contributed by atoms with van der Waals surface area (Å²) in [6, 6.07) is 0.315. The quantitative estimate of drug-likeness (QED) is 0.801. The second kappa shape index (κ2) is 6.88. The van der Waals surface area contributed by atoms with Crippen LogP contribution < -0.4 is 11.1 Å². The summed E-state index contributed by atoms with van der Waals surface area (Å²) in [6.45, 7) is 9.16. The average molecular weight is 322 g/mol. The molecule has 0 saturated carbocycles. The van der Waals surface area contributed by atoms with Gasteiger partial charge < -0.3 is 11.1 Å². The highest BCUT2D eigenvalue weighted by Crippen LogP contribution is 2.36. The van der Waals surface area contributed by atoms with Crippen molar-refractivity contribution in [2.45, 2.75) is 33.7 Å². The molecule has 2 heteroatoms. The third-order valence-corrected chi connectivity index (χ3v) is 5.43. The van der Waals surface area contributed by atoms with Gasteiger partial charge in [0, 0.05) is 23.5 Å². The third-order valence-electron chi connectivity index (χ3n) is 5.43. The maximum Gasteiger partial charge on any atom is 0.0542 e. The Balaban J connectivity index is 1.93. The lowest BCUT2D eigenvalue weighted by molar-refractivity contribution is 0.350. The van der Waals surface area contributed by atoms with Crippen LogP contribution >= 0.6 is 0 Å². The molecule has 0 amide bonds. The number of rotatable bonds is 4. The summed E-state index contributed by atoms with van der Waals surface area (Å²) in [5.74, 6) is 2.33. The van der Waals surface area contributed by atoms with Gasteiger partial charge in [-0.15, -0.1) is 0 Å². The van der Waals surface area contributed by atoms with Crippen LogP contribution in [0, 0.1) is 29.6 Å². The van der Waals surface area contributed by atoms with Crippen LogP contribution in [0.4, 0.5) is 0 Å². The van der Waals surface area contributed by atoms with Gasteiger partial charge in [0.25, 0.3) is 0 Å². The van der Waals surface area contributed by atoms with Crippen LogP contribution in [0.2, 0.25) is 0 Å². The molecule has 4 atom stereocenters. The van der Waals surface area contributed by atoms with Crippen LogP contribution in [0.15, 0.2) is 71.7 Å². The Morgan fingerprint density at radius 1 is 0.958 bits per heavy atom. The van der Waals surface area contributed by atoms with Crippen LogP contribution in [-0.4, -0.2) is 6.04 Å². The number of nitrogens with two attached hydrogens (primary N) is 1. The zero-order chi connectivity index (χ0) is 17.3.